The third kappa shape index (κ3) is 3.72. The Balaban J connectivity index is 1.26. The van der Waals surface area contributed by atoms with Gasteiger partial charge in [0, 0.05) is 25.6 Å². The van der Waals surface area contributed by atoms with Gasteiger partial charge in [-0.2, -0.15) is 16.4 Å². The zero-order valence-electron chi connectivity index (χ0n) is 15.5. The Labute approximate surface area is 163 Å². The second-order valence-corrected chi connectivity index (χ2v) is 8.22. The topological polar surface area (TPSA) is 45.9 Å². The number of likely N-dealkylation sites (tertiary alicyclic amines) is 1. The van der Waals surface area contributed by atoms with Gasteiger partial charge in [0.2, 0.25) is 0 Å². The van der Waals surface area contributed by atoms with Crippen molar-refractivity contribution in [3.05, 3.63) is 46.5 Å². The van der Waals surface area contributed by atoms with E-state index < -0.39 is 0 Å². The lowest BCUT2D eigenvalue weighted by Crippen LogP contribution is -2.36. The highest BCUT2D eigenvalue weighted by atomic mass is 32.1. The Kier molecular flexibility index (Phi) is 4.82. The summed E-state index contributed by atoms with van der Waals surface area (Å²) in [7, 11) is 0. The predicted molar refractivity (Wildman–Crippen MR) is 108 cm³/mol. The van der Waals surface area contributed by atoms with Gasteiger partial charge in [-0.1, -0.05) is 0 Å². The standard InChI is InChI=1S/C20H25N5OS/c1-2-19-21-20(22-25(19)14-18(1)24-8-10-26-11-9-24)17-3-6-23(7-4-17)13-16-5-12-27-15-16/h1-2,5,12,14-15,17H,3-4,6-11,13H2. The summed E-state index contributed by atoms with van der Waals surface area (Å²) in [6.45, 7) is 6.78. The highest BCUT2D eigenvalue weighted by Crippen LogP contribution is 2.27. The number of fused-ring (bicyclic) bond motifs is 1. The molecule has 142 valence electrons. The molecule has 5 heterocycles. The lowest BCUT2D eigenvalue weighted by atomic mass is 9.96. The summed E-state index contributed by atoms with van der Waals surface area (Å²) in [5, 5.41) is 9.24. The van der Waals surface area contributed by atoms with E-state index in [1.54, 1.807) is 11.3 Å². The molecule has 2 fully saturated rings. The van der Waals surface area contributed by atoms with Crippen LogP contribution in [0, 0.1) is 0 Å². The fraction of sp³-hybridized carbons (Fsp3) is 0.500. The van der Waals surface area contributed by atoms with Crippen molar-refractivity contribution in [2.45, 2.75) is 25.3 Å². The van der Waals surface area contributed by atoms with Crippen molar-refractivity contribution in [3.63, 3.8) is 0 Å². The van der Waals surface area contributed by atoms with Gasteiger partial charge in [-0.15, -0.1) is 0 Å². The SMILES string of the molecule is c1cc(CN2CCC(c3nc4ccc(N5CCOCC5)cn4n3)CC2)cs1. The number of hydrogen-bond acceptors (Lipinski definition) is 6. The van der Waals surface area contributed by atoms with Crippen LogP contribution in [0.2, 0.25) is 0 Å². The summed E-state index contributed by atoms with van der Waals surface area (Å²) < 4.78 is 7.41. The molecule has 2 saturated heterocycles. The van der Waals surface area contributed by atoms with Gasteiger partial charge in [0.05, 0.1) is 25.1 Å². The zero-order chi connectivity index (χ0) is 18.1. The lowest BCUT2D eigenvalue weighted by molar-refractivity contribution is 0.122. The summed E-state index contributed by atoms with van der Waals surface area (Å²) >= 11 is 1.78. The van der Waals surface area contributed by atoms with Crippen molar-refractivity contribution in [3.8, 4) is 0 Å². The van der Waals surface area contributed by atoms with Crippen LogP contribution in [0.15, 0.2) is 35.2 Å². The number of nitrogens with zero attached hydrogens (tertiary/aromatic N) is 5. The quantitative estimate of drug-likeness (QED) is 0.693. The Morgan fingerprint density at radius 2 is 1.93 bits per heavy atom. The summed E-state index contributed by atoms with van der Waals surface area (Å²) in [4.78, 5) is 9.72. The van der Waals surface area contributed by atoms with Gasteiger partial charge < -0.3 is 9.64 Å². The molecule has 0 unspecified atom stereocenters. The van der Waals surface area contributed by atoms with Gasteiger partial charge in [-0.05, 0) is 60.5 Å². The average Bonchev–Trinajstić information content (AvgIpc) is 3.38. The number of thiophene rings is 1. The molecule has 5 rings (SSSR count). The molecule has 0 saturated carbocycles. The smallest absolute Gasteiger partial charge is 0.155 e. The van der Waals surface area contributed by atoms with Gasteiger partial charge in [0.15, 0.2) is 11.5 Å². The van der Waals surface area contributed by atoms with Gasteiger partial charge >= 0.3 is 0 Å². The average molecular weight is 384 g/mol. The molecule has 0 aliphatic carbocycles. The fourth-order valence-electron chi connectivity index (χ4n) is 4.06. The Morgan fingerprint density at radius 3 is 2.70 bits per heavy atom. The molecular formula is C20H25N5OS. The van der Waals surface area contributed by atoms with Gasteiger partial charge in [0.1, 0.15) is 0 Å². The second-order valence-electron chi connectivity index (χ2n) is 7.44. The van der Waals surface area contributed by atoms with Crippen molar-refractivity contribution in [1.82, 2.24) is 19.5 Å². The zero-order valence-corrected chi connectivity index (χ0v) is 16.3. The molecule has 27 heavy (non-hydrogen) atoms. The first kappa shape index (κ1) is 17.2. The molecule has 0 bridgehead atoms. The number of piperidine rings is 1. The summed E-state index contributed by atoms with van der Waals surface area (Å²) in [6.07, 6.45) is 4.39. The summed E-state index contributed by atoms with van der Waals surface area (Å²) in [6, 6.07) is 6.47. The maximum atomic E-state index is 5.45. The van der Waals surface area contributed by atoms with Gasteiger partial charge in [0.25, 0.3) is 0 Å². The van der Waals surface area contributed by atoms with Crippen molar-refractivity contribution in [2.24, 2.45) is 0 Å². The number of ether oxygens (including phenoxy) is 1. The third-order valence-electron chi connectivity index (χ3n) is 5.65. The van der Waals surface area contributed by atoms with Crippen molar-refractivity contribution < 1.29 is 4.74 Å². The van der Waals surface area contributed by atoms with E-state index in [0.29, 0.717) is 5.92 Å². The minimum Gasteiger partial charge on any atom is -0.378 e. The number of morpholine rings is 1. The Hall–Kier alpha value is -1.96. The molecule has 0 spiro atoms. The third-order valence-corrected chi connectivity index (χ3v) is 6.38. The number of pyridine rings is 1. The van der Waals surface area contributed by atoms with Crippen LogP contribution in [0.5, 0.6) is 0 Å². The van der Waals surface area contributed by atoms with E-state index in [0.717, 1.165) is 70.3 Å². The van der Waals surface area contributed by atoms with E-state index in [1.165, 1.54) is 11.3 Å². The second kappa shape index (κ2) is 7.58. The van der Waals surface area contributed by atoms with Crippen molar-refractivity contribution in [2.75, 3.05) is 44.3 Å². The van der Waals surface area contributed by atoms with Crippen LogP contribution in [0.1, 0.15) is 30.1 Å². The minimum absolute atomic E-state index is 0.468. The molecule has 6 nitrogen and oxygen atoms in total. The van der Waals surface area contributed by atoms with Crippen LogP contribution in [0.3, 0.4) is 0 Å². The molecule has 3 aromatic rings. The molecule has 0 atom stereocenters. The van der Waals surface area contributed by atoms with Crippen LogP contribution >= 0.6 is 11.3 Å². The molecule has 0 N–H and O–H groups in total. The van der Waals surface area contributed by atoms with E-state index in [-0.39, 0.29) is 0 Å². The van der Waals surface area contributed by atoms with Gasteiger partial charge in [-0.25, -0.2) is 9.50 Å². The number of rotatable bonds is 4. The molecule has 2 aliphatic heterocycles. The molecule has 0 aromatic carbocycles. The molecular weight excluding hydrogens is 358 g/mol. The highest BCUT2D eigenvalue weighted by molar-refractivity contribution is 7.07. The monoisotopic (exact) mass is 383 g/mol. The molecule has 3 aromatic heterocycles. The summed E-state index contributed by atoms with van der Waals surface area (Å²) in [5.41, 5.74) is 3.58. The van der Waals surface area contributed by atoms with E-state index in [2.05, 4.69) is 45.0 Å². The number of anilines is 1. The molecule has 0 radical (unpaired) electrons. The maximum absolute atomic E-state index is 5.45. The maximum Gasteiger partial charge on any atom is 0.155 e. The van der Waals surface area contributed by atoms with Crippen LogP contribution in [0.25, 0.3) is 5.65 Å². The normalized spacial score (nSPS) is 19.8. The first-order chi connectivity index (χ1) is 13.3. The first-order valence-electron chi connectivity index (χ1n) is 9.77. The van der Waals surface area contributed by atoms with Gasteiger partial charge in [-0.3, -0.25) is 4.90 Å². The summed E-state index contributed by atoms with van der Waals surface area (Å²) in [5.74, 6) is 1.47. The van der Waals surface area contributed by atoms with Crippen molar-refractivity contribution >= 4 is 22.7 Å². The number of hydrogen-bond donors (Lipinski definition) is 0. The van der Waals surface area contributed by atoms with E-state index in [1.807, 2.05) is 4.52 Å². The van der Waals surface area contributed by atoms with Crippen LogP contribution in [-0.4, -0.2) is 58.9 Å². The molecule has 0 amide bonds. The van der Waals surface area contributed by atoms with E-state index in [4.69, 9.17) is 14.8 Å². The molecule has 2 aliphatic rings. The molecule has 7 heteroatoms. The Bertz CT molecular complexity index is 879. The first-order valence-corrected chi connectivity index (χ1v) is 10.7. The minimum atomic E-state index is 0.468. The van der Waals surface area contributed by atoms with E-state index in [9.17, 15) is 0 Å². The highest BCUT2D eigenvalue weighted by Gasteiger charge is 2.24. The number of aromatic nitrogens is 3. The predicted octanol–water partition coefficient (Wildman–Crippen LogP) is 3.01. The Morgan fingerprint density at radius 1 is 1.07 bits per heavy atom. The lowest BCUT2D eigenvalue weighted by Gasteiger charge is -2.30. The van der Waals surface area contributed by atoms with Crippen LogP contribution < -0.4 is 4.90 Å². The fourth-order valence-corrected chi connectivity index (χ4v) is 4.72. The van der Waals surface area contributed by atoms with Crippen LogP contribution in [0.4, 0.5) is 5.69 Å². The van der Waals surface area contributed by atoms with Crippen LogP contribution in [-0.2, 0) is 11.3 Å². The van der Waals surface area contributed by atoms with E-state index >= 15 is 0 Å². The largest absolute Gasteiger partial charge is 0.378 e. The van der Waals surface area contributed by atoms with Crippen molar-refractivity contribution in [1.29, 1.82) is 0 Å².